The van der Waals surface area contributed by atoms with Crippen molar-refractivity contribution >= 4 is 0 Å². The number of rotatable bonds is 5. The molecule has 2 aliphatic rings. The van der Waals surface area contributed by atoms with Gasteiger partial charge < -0.3 is 5.32 Å². The Morgan fingerprint density at radius 3 is 2.65 bits per heavy atom. The molecule has 0 unspecified atom stereocenters. The van der Waals surface area contributed by atoms with Crippen molar-refractivity contribution in [2.24, 2.45) is 0 Å². The van der Waals surface area contributed by atoms with Crippen LogP contribution < -0.4 is 5.32 Å². The molecule has 0 amide bonds. The van der Waals surface area contributed by atoms with Gasteiger partial charge in [0.15, 0.2) is 0 Å². The molecule has 0 atom stereocenters. The van der Waals surface area contributed by atoms with Crippen LogP contribution >= 0.6 is 0 Å². The van der Waals surface area contributed by atoms with E-state index in [-0.39, 0.29) is 5.69 Å². The van der Waals surface area contributed by atoms with Crippen LogP contribution in [0.1, 0.15) is 55.1 Å². The third kappa shape index (κ3) is 2.60. The number of alkyl halides is 2. The van der Waals surface area contributed by atoms with Crippen LogP contribution in [0.4, 0.5) is 8.78 Å². The first-order chi connectivity index (χ1) is 8.24. The molecule has 3 rings (SSSR count). The first-order valence-corrected chi connectivity index (χ1v) is 6.11. The van der Waals surface area contributed by atoms with Crippen molar-refractivity contribution in [3.05, 3.63) is 23.3 Å². The Labute approximate surface area is 98.7 Å². The average Bonchev–Trinajstić information content (AvgIpc) is 3.16. The predicted octanol–water partition coefficient (Wildman–Crippen LogP) is 2.54. The lowest BCUT2D eigenvalue weighted by atomic mass is 10.2. The van der Waals surface area contributed by atoms with Gasteiger partial charge in [-0.1, -0.05) is 0 Å². The molecule has 2 fully saturated rings. The summed E-state index contributed by atoms with van der Waals surface area (Å²) in [4.78, 5) is 8.23. The molecular formula is C12H15F2N3. The summed E-state index contributed by atoms with van der Waals surface area (Å²) in [5.74, 6) is 0.911. The molecular weight excluding hydrogens is 224 g/mol. The molecule has 1 aromatic rings. The lowest BCUT2D eigenvalue weighted by Crippen LogP contribution is -2.18. The first-order valence-electron chi connectivity index (χ1n) is 6.11. The largest absolute Gasteiger partial charge is 0.310 e. The van der Waals surface area contributed by atoms with Crippen LogP contribution in [-0.2, 0) is 6.54 Å². The maximum Gasteiger partial charge on any atom is 0.280 e. The number of nitrogens with zero attached hydrogens (tertiary/aromatic N) is 2. The zero-order chi connectivity index (χ0) is 11.8. The van der Waals surface area contributed by atoms with E-state index < -0.39 is 6.43 Å². The van der Waals surface area contributed by atoms with E-state index >= 15 is 0 Å². The van der Waals surface area contributed by atoms with Crippen molar-refractivity contribution in [3.8, 4) is 0 Å². The summed E-state index contributed by atoms with van der Waals surface area (Å²) >= 11 is 0. The minimum Gasteiger partial charge on any atom is -0.310 e. The highest BCUT2D eigenvalue weighted by Crippen LogP contribution is 2.38. The molecule has 1 heterocycles. The van der Waals surface area contributed by atoms with Crippen LogP contribution in [0.5, 0.6) is 0 Å². The van der Waals surface area contributed by atoms with Crippen LogP contribution in [-0.4, -0.2) is 16.0 Å². The summed E-state index contributed by atoms with van der Waals surface area (Å²) in [6, 6.07) is 0.503. The van der Waals surface area contributed by atoms with Crippen LogP contribution in [0.2, 0.25) is 0 Å². The van der Waals surface area contributed by atoms with Gasteiger partial charge in [0.25, 0.3) is 6.43 Å². The van der Waals surface area contributed by atoms with E-state index in [4.69, 9.17) is 0 Å². The van der Waals surface area contributed by atoms with E-state index in [2.05, 4.69) is 15.3 Å². The summed E-state index contributed by atoms with van der Waals surface area (Å²) < 4.78 is 25.8. The highest BCUT2D eigenvalue weighted by Gasteiger charge is 2.29. The molecule has 1 aromatic heterocycles. The van der Waals surface area contributed by atoms with Crippen molar-refractivity contribution in [3.63, 3.8) is 0 Å². The molecule has 2 aliphatic carbocycles. The molecule has 5 heteroatoms. The van der Waals surface area contributed by atoms with Crippen LogP contribution in [0.25, 0.3) is 0 Å². The fourth-order valence-corrected chi connectivity index (χ4v) is 1.84. The van der Waals surface area contributed by atoms with E-state index in [0.717, 1.165) is 25.7 Å². The number of nitrogens with one attached hydrogen (secondary N) is 1. The van der Waals surface area contributed by atoms with Crippen LogP contribution in [0, 0.1) is 0 Å². The van der Waals surface area contributed by atoms with Gasteiger partial charge in [0.2, 0.25) is 0 Å². The maximum absolute atomic E-state index is 12.9. The number of hydrogen-bond acceptors (Lipinski definition) is 3. The maximum atomic E-state index is 12.9. The molecule has 0 spiro atoms. The Morgan fingerprint density at radius 1 is 1.29 bits per heavy atom. The lowest BCUT2D eigenvalue weighted by Gasteiger charge is -2.09. The highest BCUT2D eigenvalue weighted by atomic mass is 19.3. The van der Waals surface area contributed by atoms with E-state index in [1.165, 1.54) is 0 Å². The second-order valence-corrected chi connectivity index (χ2v) is 4.87. The Kier molecular flexibility index (Phi) is 2.78. The lowest BCUT2D eigenvalue weighted by molar-refractivity contribution is 0.144. The molecule has 3 nitrogen and oxygen atoms in total. The molecule has 92 valence electrons. The van der Waals surface area contributed by atoms with Gasteiger partial charge in [-0.3, -0.25) is 0 Å². The van der Waals surface area contributed by atoms with Crippen molar-refractivity contribution in [1.82, 2.24) is 15.3 Å². The highest BCUT2D eigenvalue weighted by molar-refractivity contribution is 5.21. The molecule has 0 aliphatic heterocycles. The van der Waals surface area contributed by atoms with Gasteiger partial charge in [-0.05, 0) is 25.7 Å². The van der Waals surface area contributed by atoms with Gasteiger partial charge in [-0.2, -0.15) is 0 Å². The van der Waals surface area contributed by atoms with Crippen molar-refractivity contribution in [2.45, 2.75) is 50.6 Å². The molecule has 0 bridgehead atoms. The third-order valence-corrected chi connectivity index (χ3v) is 3.22. The van der Waals surface area contributed by atoms with E-state index in [0.29, 0.717) is 29.9 Å². The number of hydrogen-bond donors (Lipinski definition) is 1. The Hall–Kier alpha value is -1.10. The monoisotopic (exact) mass is 239 g/mol. The first kappa shape index (κ1) is 11.0. The van der Waals surface area contributed by atoms with Crippen molar-refractivity contribution in [1.29, 1.82) is 0 Å². The molecule has 1 N–H and O–H groups in total. The van der Waals surface area contributed by atoms with Gasteiger partial charge in [0.1, 0.15) is 11.5 Å². The summed E-state index contributed by atoms with van der Waals surface area (Å²) in [6.07, 6.45) is 3.41. The zero-order valence-corrected chi connectivity index (χ0v) is 9.50. The van der Waals surface area contributed by atoms with Gasteiger partial charge in [-0.15, -0.1) is 0 Å². The quantitative estimate of drug-likeness (QED) is 0.858. The Morgan fingerprint density at radius 2 is 2.06 bits per heavy atom. The number of halogens is 2. The summed E-state index contributed by atoms with van der Waals surface area (Å²) in [5.41, 5.74) is 0.450. The minimum atomic E-state index is -2.51. The topological polar surface area (TPSA) is 37.8 Å². The average molecular weight is 239 g/mol. The van der Waals surface area contributed by atoms with E-state index in [9.17, 15) is 8.78 Å². The molecule has 17 heavy (non-hydrogen) atoms. The molecule has 0 saturated heterocycles. The predicted molar refractivity (Wildman–Crippen MR) is 58.8 cm³/mol. The van der Waals surface area contributed by atoms with E-state index in [1.807, 2.05) is 0 Å². The Bertz CT molecular complexity index is 414. The van der Waals surface area contributed by atoms with E-state index in [1.54, 1.807) is 6.20 Å². The molecule has 0 aromatic carbocycles. The van der Waals surface area contributed by atoms with Gasteiger partial charge >= 0.3 is 0 Å². The zero-order valence-electron chi connectivity index (χ0n) is 9.50. The van der Waals surface area contributed by atoms with Gasteiger partial charge in [-0.25, -0.2) is 18.7 Å². The van der Waals surface area contributed by atoms with Gasteiger partial charge in [0, 0.05) is 30.3 Å². The third-order valence-electron chi connectivity index (χ3n) is 3.22. The standard InChI is InChI=1S/C12H15F2N3/c13-11(14)10-8(5-15-9-3-4-9)6-16-12(17-10)7-1-2-7/h6-7,9,11,15H,1-5H2. The molecule has 0 radical (unpaired) electrons. The van der Waals surface area contributed by atoms with Crippen LogP contribution in [0.3, 0.4) is 0 Å². The Balaban J connectivity index is 1.79. The van der Waals surface area contributed by atoms with Crippen LogP contribution in [0.15, 0.2) is 6.20 Å². The normalized spacial score (nSPS) is 19.9. The van der Waals surface area contributed by atoms with Crippen molar-refractivity contribution in [2.75, 3.05) is 0 Å². The molecule has 2 saturated carbocycles. The minimum absolute atomic E-state index is 0.0879. The second kappa shape index (κ2) is 4.29. The van der Waals surface area contributed by atoms with Crippen molar-refractivity contribution < 1.29 is 8.78 Å². The smallest absolute Gasteiger partial charge is 0.280 e. The van der Waals surface area contributed by atoms with Gasteiger partial charge in [0.05, 0.1) is 0 Å². The fourth-order valence-electron chi connectivity index (χ4n) is 1.84. The summed E-state index contributed by atoms with van der Waals surface area (Å²) in [6.45, 7) is 0.454. The second-order valence-electron chi connectivity index (χ2n) is 4.87. The summed E-state index contributed by atoms with van der Waals surface area (Å²) in [5, 5.41) is 3.22. The summed E-state index contributed by atoms with van der Waals surface area (Å²) in [7, 11) is 0. The number of aromatic nitrogens is 2. The fraction of sp³-hybridized carbons (Fsp3) is 0.667. The SMILES string of the molecule is FC(F)c1nc(C2CC2)ncc1CNC1CC1.